The van der Waals surface area contributed by atoms with Gasteiger partial charge in [0.2, 0.25) is 0 Å². The molecule has 0 spiro atoms. The van der Waals surface area contributed by atoms with Crippen LogP contribution in [-0.4, -0.2) is 12.1 Å². The summed E-state index contributed by atoms with van der Waals surface area (Å²) in [5.41, 5.74) is 2.23. The van der Waals surface area contributed by atoms with Gasteiger partial charge in [-0.1, -0.05) is 23.7 Å². The van der Waals surface area contributed by atoms with E-state index in [1.54, 1.807) is 13.2 Å². The zero-order valence-corrected chi connectivity index (χ0v) is 11.0. The molecule has 2 aromatic carbocycles. The first-order valence-corrected chi connectivity index (χ1v) is 6.17. The van der Waals surface area contributed by atoms with Crippen LogP contribution in [0.25, 0.3) is 22.2 Å². The third-order valence-electron chi connectivity index (χ3n) is 3.03. The summed E-state index contributed by atoms with van der Waals surface area (Å²) in [5.74, 6) is 0.409. The van der Waals surface area contributed by atoms with Gasteiger partial charge in [-0.15, -0.1) is 0 Å². The highest BCUT2D eigenvalue weighted by Gasteiger charge is 2.09. The van der Waals surface area contributed by atoms with E-state index in [2.05, 4.69) is 4.98 Å². The Morgan fingerprint density at radius 1 is 1.16 bits per heavy atom. The Hall–Kier alpha value is -2.00. The Bertz CT molecular complexity index is 751. The predicted octanol–water partition coefficient (Wildman–Crippen LogP) is 4.64. The fourth-order valence-corrected chi connectivity index (χ4v) is 2.32. The van der Waals surface area contributed by atoms with Gasteiger partial charge < -0.3 is 9.72 Å². The molecule has 0 amide bonds. The van der Waals surface area contributed by atoms with Gasteiger partial charge in [-0.3, -0.25) is 0 Å². The second kappa shape index (κ2) is 4.59. The second-order valence-corrected chi connectivity index (χ2v) is 4.70. The molecule has 1 N–H and O–H groups in total. The van der Waals surface area contributed by atoms with E-state index in [1.807, 2.05) is 30.3 Å². The van der Waals surface area contributed by atoms with Crippen molar-refractivity contribution < 1.29 is 9.13 Å². The Balaban J connectivity index is 2.17. The minimum atomic E-state index is -0.350. The number of fused-ring (bicyclic) bond motifs is 1. The van der Waals surface area contributed by atoms with E-state index in [9.17, 15) is 4.39 Å². The number of benzene rings is 2. The second-order valence-electron chi connectivity index (χ2n) is 4.27. The monoisotopic (exact) mass is 275 g/mol. The molecular formula is C15H11ClFNO. The van der Waals surface area contributed by atoms with Crippen LogP contribution in [0.2, 0.25) is 5.02 Å². The molecule has 3 rings (SSSR count). The normalized spacial score (nSPS) is 10.9. The molecular weight excluding hydrogens is 265 g/mol. The Kier molecular flexibility index (Phi) is 2.91. The Morgan fingerprint density at radius 2 is 2.00 bits per heavy atom. The average molecular weight is 276 g/mol. The molecule has 3 aromatic rings. The third-order valence-corrected chi connectivity index (χ3v) is 3.24. The van der Waals surface area contributed by atoms with Gasteiger partial charge >= 0.3 is 0 Å². The summed E-state index contributed by atoms with van der Waals surface area (Å²) in [5, 5.41) is 1.14. The number of hydrogen-bond acceptors (Lipinski definition) is 1. The van der Waals surface area contributed by atoms with Gasteiger partial charge in [0.15, 0.2) is 0 Å². The molecule has 0 bridgehead atoms. The van der Waals surface area contributed by atoms with Crippen molar-refractivity contribution in [2.24, 2.45) is 0 Å². The van der Waals surface area contributed by atoms with Crippen LogP contribution in [0.4, 0.5) is 4.39 Å². The van der Waals surface area contributed by atoms with Crippen molar-refractivity contribution in [2.75, 3.05) is 7.11 Å². The Labute approximate surface area is 114 Å². The van der Waals surface area contributed by atoms with Gasteiger partial charge in [-0.05, 0) is 30.3 Å². The predicted molar refractivity (Wildman–Crippen MR) is 75.3 cm³/mol. The summed E-state index contributed by atoms with van der Waals surface area (Å²) < 4.78 is 19.0. The van der Waals surface area contributed by atoms with Crippen molar-refractivity contribution in [1.82, 2.24) is 4.98 Å². The van der Waals surface area contributed by atoms with Gasteiger partial charge in [-0.2, -0.15) is 0 Å². The fraction of sp³-hybridized carbons (Fsp3) is 0.0667. The first kappa shape index (κ1) is 12.1. The number of nitrogens with one attached hydrogen (secondary N) is 1. The minimum absolute atomic E-state index is 0.350. The topological polar surface area (TPSA) is 25.0 Å². The zero-order valence-electron chi connectivity index (χ0n) is 10.2. The number of halogens is 2. The summed E-state index contributed by atoms with van der Waals surface area (Å²) in [7, 11) is 1.61. The van der Waals surface area contributed by atoms with Crippen molar-refractivity contribution in [3.05, 3.63) is 53.3 Å². The lowest BCUT2D eigenvalue weighted by molar-refractivity contribution is 0.415. The van der Waals surface area contributed by atoms with Crippen LogP contribution in [0, 0.1) is 5.82 Å². The molecule has 19 heavy (non-hydrogen) atoms. The van der Waals surface area contributed by atoms with Crippen molar-refractivity contribution in [2.45, 2.75) is 0 Å². The van der Waals surface area contributed by atoms with E-state index in [4.69, 9.17) is 16.3 Å². The van der Waals surface area contributed by atoms with Crippen molar-refractivity contribution in [3.63, 3.8) is 0 Å². The van der Waals surface area contributed by atoms with Crippen LogP contribution in [0.5, 0.6) is 5.75 Å². The van der Waals surface area contributed by atoms with Crippen LogP contribution in [0.1, 0.15) is 0 Å². The molecule has 0 aliphatic carbocycles. The number of H-pyrrole nitrogens is 1. The zero-order chi connectivity index (χ0) is 13.4. The van der Waals surface area contributed by atoms with Crippen LogP contribution in [-0.2, 0) is 0 Å². The van der Waals surface area contributed by atoms with Gasteiger partial charge in [0.25, 0.3) is 0 Å². The molecule has 0 radical (unpaired) electrons. The minimum Gasteiger partial charge on any atom is -0.497 e. The number of aromatic nitrogens is 1. The molecule has 1 aromatic heterocycles. The number of ether oxygens (including phenoxy) is 1. The highest BCUT2D eigenvalue weighted by atomic mass is 35.5. The van der Waals surface area contributed by atoms with E-state index < -0.39 is 0 Å². The number of rotatable bonds is 2. The van der Waals surface area contributed by atoms with E-state index in [1.165, 1.54) is 6.07 Å². The molecule has 0 atom stereocenters. The summed E-state index contributed by atoms with van der Waals surface area (Å²) in [4.78, 5) is 3.07. The third kappa shape index (κ3) is 2.17. The molecule has 0 saturated heterocycles. The maximum atomic E-state index is 13.8. The molecule has 1 heterocycles. The first-order chi connectivity index (χ1) is 9.17. The molecule has 0 aliphatic rings. The van der Waals surface area contributed by atoms with Gasteiger partial charge in [-0.25, -0.2) is 4.39 Å². The average Bonchev–Trinajstić information content (AvgIpc) is 2.83. The van der Waals surface area contributed by atoms with Gasteiger partial charge in [0.1, 0.15) is 11.6 Å². The SMILES string of the molecule is COc1cccc(-c2cc3cc(Cl)cc(F)c3[nH]2)c1. The highest BCUT2D eigenvalue weighted by molar-refractivity contribution is 6.31. The lowest BCUT2D eigenvalue weighted by Gasteiger charge is -2.02. The number of methoxy groups -OCH3 is 1. The summed E-state index contributed by atoms with van der Waals surface area (Å²) >= 11 is 5.85. The largest absolute Gasteiger partial charge is 0.497 e. The Morgan fingerprint density at radius 3 is 2.79 bits per heavy atom. The van der Waals surface area contributed by atoms with E-state index in [0.29, 0.717) is 10.5 Å². The molecule has 96 valence electrons. The van der Waals surface area contributed by atoms with Gasteiger partial charge in [0.05, 0.1) is 12.6 Å². The molecule has 0 aliphatic heterocycles. The quantitative estimate of drug-likeness (QED) is 0.724. The smallest absolute Gasteiger partial charge is 0.148 e. The molecule has 0 fully saturated rings. The number of aromatic amines is 1. The highest BCUT2D eigenvalue weighted by Crippen LogP contribution is 2.29. The van der Waals surface area contributed by atoms with Crippen molar-refractivity contribution >= 4 is 22.5 Å². The summed E-state index contributed by atoms with van der Waals surface area (Å²) in [6.07, 6.45) is 0. The first-order valence-electron chi connectivity index (χ1n) is 5.79. The van der Waals surface area contributed by atoms with Crippen LogP contribution >= 0.6 is 11.6 Å². The maximum Gasteiger partial charge on any atom is 0.148 e. The van der Waals surface area contributed by atoms with E-state index in [-0.39, 0.29) is 5.82 Å². The van der Waals surface area contributed by atoms with Gasteiger partial charge in [0, 0.05) is 21.7 Å². The van der Waals surface area contributed by atoms with Crippen LogP contribution in [0.3, 0.4) is 0 Å². The fourth-order valence-electron chi connectivity index (χ4n) is 2.11. The standard InChI is InChI=1S/C15H11ClFNO/c1-19-12-4-2-3-9(6-12)14-7-10-5-11(16)8-13(17)15(10)18-14/h2-8,18H,1H3. The summed E-state index contributed by atoms with van der Waals surface area (Å²) in [6, 6.07) is 12.5. The molecule has 2 nitrogen and oxygen atoms in total. The lowest BCUT2D eigenvalue weighted by Crippen LogP contribution is -1.83. The van der Waals surface area contributed by atoms with E-state index >= 15 is 0 Å². The van der Waals surface area contributed by atoms with Crippen LogP contribution < -0.4 is 4.74 Å². The lowest BCUT2D eigenvalue weighted by atomic mass is 10.1. The maximum absolute atomic E-state index is 13.8. The van der Waals surface area contributed by atoms with Crippen molar-refractivity contribution in [1.29, 1.82) is 0 Å². The molecule has 0 saturated carbocycles. The summed E-state index contributed by atoms with van der Waals surface area (Å²) in [6.45, 7) is 0. The van der Waals surface area contributed by atoms with Crippen LogP contribution in [0.15, 0.2) is 42.5 Å². The van der Waals surface area contributed by atoms with Crippen molar-refractivity contribution in [3.8, 4) is 17.0 Å². The van der Waals surface area contributed by atoms with E-state index in [0.717, 1.165) is 22.4 Å². The number of hydrogen-bond donors (Lipinski definition) is 1. The molecule has 4 heteroatoms. The molecule has 0 unspecified atom stereocenters.